The van der Waals surface area contributed by atoms with Crippen molar-refractivity contribution in [2.75, 3.05) is 37.6 Å². The van der Waals surface area contributed by atoms with Gasteiger partial charge in [-0.1, -0.05) is 25.4 Å². The molecule has 0 fully saturated rings. The van der Waals surface area contributed by atoms with E-state index in [0.717, 1.165) is 58.3 Å². The van der Waals surface area contributed by atoms with Crippen LogP contribution in [0.25, 0.3) is 0 Å². The molecule has 0 aliphatic carbocycles. The molecule has 1 aliphatic rings. The van der Waals surface area contributed by atoms with E-state index in [1.807, 2.05) is 6.07 Å². The third-order valence-electron chi connectivity index (χ3n) is 4.88. The molecule has 8 heteroatoms. The zero-order valence-corrected chi connectivity index (χ0v) is 19.6. The number of nitrogens with one attached hydrogen (secondary N) is 1. The van der Waals surface area contributed by atoms with E-state index in [2.05, 4.69) is 52.7 Å². The van der Waals surface area contributed by atoms with Crippen molar-refractivity contribution < 1.29 is 9.47 Å². The maximum Gasteiger partial charge on any atom is 0.152 e. The number of fused-ring (bicyclic) bond motifs is 1. The number of methoxy groups -OCH3 is 2. The largest absolute Gasteiger partial charge is 0.497 e. The van der Waals surface area contributed by atoms with Crippen LogP contribution in [0.2, 0.25) is 5.02 Å². The number of nitrogens with zero attached hydrogens (tertiary/aromatic N) is 3. The normalized spacial score (nSPS) is 14.1. The van der Waals surface area contributed by atoms with Crippen LogP contribution in [-0.4, -0.2) is 43.4 Å². The molecule has 0 bridgehead atoms. The highest BCUT2D eigenvalue weighted by atomic mass is 127. The highest BCUT2D eigenvalue weighted by Crippen LogP contribution is 2.43. The molecule has 6 nitrogen and oxygen atoms in total. The molecular formula is C20H26ClIN4O2. The Labute approximate surface area is 185 Å². The molecule has 1 N–H and O–H groups in total. The minimum Gasteiger partial charge on any atom is -0.497 e. The summed E-state index contributed by atoms with van der Waals surface area (Å²) in [6.45, 7) is 5.66. The van der Waals surface area contributed by atoms with Crippen LogP contribution in [0.4, 0.5) is 17.3 Å². The van der Waals surface area contributed by atoms with E-state index in [1.54, 1.807) is 14.2 Å². The lowest BCUT2D eigenvalue weighted by Gasteiger charge is -2.24. The van der Waals surface area contributed by atoms with Crippen molar-refractivity contribution in [1.82, 2.24) is 9.97 Å². The summed E-state index contributed by atoms with van der Waals surface area (Å²) >= 11 is 8.94. The van der Waals surface area contributed by atoms with Crippen molar-refractivity contribution in [2.45, 2.75) is 39.2 Å². The molecule has 0 spiro atoms. The van der Waals surface area contributed by atoms with Gasteiger partial charge in [0, 0.05) is 26.1 Å². The van der Waals surface area contributed by atoms with Crippen LogP contribution >= 0.6 is 34.2 Å². The molecule has 28 heavy (non-hydrogen) atoms. The monoisotopic (exact) mass is 516 g/mol. The van der Waals surface area contributed by atoms with E-state index in [0.29, 0.717) is 11.6 Å². The molecule has 0 saturated heterocycles. The fourth-order valence-corrected chi connectivity index (χ4v) is 4.38. The van der Waals surface area contributed by atoms with E-state index in [1.165, 1.54) is 5.56 Å². The van der Waals surface area contributed by atoms with Crippen LogP contribution in [0.5, 0.6) is 5.75 Å². The summed E-state index contributed by atoms with van der Waals surface area (Å²) in [5, 5.41) is 4.21. The minimum absolute atomic E-state index is 0.199. The molecule has 3 rings (SSSR count). The van der Waals surface area contributed by atoms with Gasteiger partial charge in [0.05, 0.1) is 34.0 Å². The van der Waals surface area contributed by atoms with Gasteiger partial charge in [-0.15, -0.1) is 0 Å². The molecule has 1 atom stereocenters. The van der Waals surface area contributed by atoms with Crippen LogP contribution < -0.4 is 15.0 Å². The van der Waals surface area contributed by atoms with Crippen LogP contribution in [-0.2, 0) is 17.6 Å². The maximum absolute atomic E-state index is 6.61. The Hall–Kier alpha value is -1.32. The van der Waals surface area contributed by atoms with Gasteiger partial charge in [-0.05, 0) is 47.1 Å². The molecule has 1 aliphatic heterocycles. The number of halogens is 2. The Morgan fingerprint density at radius 2 is 2.07 bits per heavy atom. The summed E-state index contributed by atoms with van der Waals surface area (Å²) in [5.41, 5.74) is 2.19. The first kappa shape index (κ1) is 21.4. The van der Waals surface area contributed by atoms with Crippen molar-refractivity contribution in [3.05, 3.63) is 32.1 Å². The number of ether oxygens (including phenoxy) is 2. The fourth-order valence-electron chi connectivity index (χ4n) is 3.36. The molecule has 0 amide bonds. The van der Waals surface area contributed by atoms with Crippen molar-refractivity contribution in [3.63, 3.8) is 0 Å². The average Bonchev–Trinajstić information content (AvgIpc) is 3.13. The third kappa shape index (κ3) is 4.31. The average molecular weight is 517 g/mol. The molecule has 1 aromatic heterocycles. The van der Waals surface area contributed by atoms with Gasteiger partial charge in [-0.2, -0.15) is 0 Å². The zero-order valence-electron chi connectivity index (χ0n) is 16.7. The number of rotatable bonds is 8. The maximum atomic E-state index is 6.61. The lowest BCUT2D eigenvalue weighted by Crippen LogP contribution is -2.26. The second-order valence-electron chi connectivity index (χ2n) is 6.70. The lowest BCUT2D eigenvalue weighted by atomic mass is 10.1. The van der Waals surface area contributed by atoms with Crippen LogP contribution in [0.15, 0.2) is 12.1 Å². The molecular weight excluding hydrogens is 491 g/mol. The van der Waals surface area contributed by atoms with Crippen molar-refractivity contribution in [1.29, 1.82) is 0 Å². The van der Waals surface area contributed by atoms with Crippen molar-refractivity contribution in [3.8, 4) is 5.75 Å². The van der Waals surface area contributed by atoms with Crippen LogP contribution in [0.1, 0.15) is 31.7 Å². The first-order valence-corrected chi connectivity index (χ1v) is 10.9. The summed E-state index contributed by atoms with van der Waals surface area (Å²) in [4.78, 5) is 11.8. The predicted molar refractivity (Wildman–Crippen MR) is 122 cm³/mol. The number of hydrogen-bond donors (Lipinski definition) is 1. The van der Waals surface area contributed by atoms with Gasteiger partial charge in [0.1, 0.15) is 17.4 Å². The SMILES string of the molecule is CCc1nc(NC(CC)COC)c(I)c(N2CCc3cc(OC)cc(Cl)c32)n1. The second kappa shape index (κ2) is 9.45. The van der Waals surface area contributed by atoms with E-state index < -0.39 is 0 Å². The Morgan fingerprint density at radius 3 is 2.71 bits per heavy atom. The van der Waals surface area contributed by atoms with E-state index in [-0.39, 0.29) is 6.04 Å². The molecule has 0 saturated carbocycles. The number of aryl methyl sites for hydroxylation is 1. The van der Waals surface area contributed by atoms with Gasteiger partial charge in [0.25, 0.3) is 0 Å². The zero-order chi connectivity index (χ0) is 20.3. The summed E-state index contributed by atoms with van der Waals surface area (Å²) in [6, 6.07) is 4.11. The van der Waals surface area contributed by atoms with Crippen LogP contribution in [0.3, 0.4) is 0 Å². The third-order valence-corrected chi connectivity index (χ3v) is 6.16. The Kier molecular flexibility index (Phi) is 7.22. The highest BCUT2D eigenvalue weighted by molar-refractivity contribution is 14.1. The highest BCUT2D eigenvalue weighted by Gasteiger charge is 2.28. The summed E-state index contributed by atoms with van der Waals surface area (Å²) < 4.78 is 11.7. The van der Waals surface area contributed by atoms with Crippen molar-refractivity contribution in [2.24, 2.45) is 0 Å². The summed E-state index contributed by atoms with van der Waals surface area (Å²) in [7, 11) is 3.38. The minimum atomic E-state index is 0.199. The summed E-state index contributed by atoms with van der Waals surface area (Å²) in [5.74, 6) is 3.34. The molecule has 1 aromatic carbocycles. The Morgan fingerprint density at radius 1 is 1.29 bits per heavy atom. The van der Waals surface area contributed by atoms with E-state index >= 15 is 0 Å². The molecule has 0 radical (unpaired) electrons. The van der Waals surface area contributed by atoms with Gasteiger partial charge >= 0.3 is 0 Å². The topological polar surface area (TPSA) is 59.5 Å². The quantitative estimate of drug-likeness (QED) is 0.507. The number of hydrogen-bond acceptors (Lipinski definition) is 6. The van der Waals surface area contributed by atoms with Gasteiger partial charge < -0.3 is 19.7 Å². The fraction of sp³-hybridized carbons (Fsp3) is 0.500. The first-order chi connectivity index (χ1) is 13.5. The molecule has 1 unspecified atom stereocenters. The van der Waals surface area contributed by atoms with E-state index in [9.17, 15) is 0 Å². The predicted octanol–water partition coefficient (Wildman–Crippen LogP) is 4.84. The summed E-state index contributed by atoms with van der Waals surface area (Å²) in [6.07, 6.45) is 2.61. The van der Waals surface area contributed by atoms with E-state index in [4.69, 9.17) is 31.0 Å². The van der Waals surface area contributed by atoms with Crippen molar-refractivity contribution >= 4 is 51.5 Å². The lowest BCUT2D eigenvalue weighted by molar-refractivity contribution is 0.184. The smallest absolute Gasteiger partial charge is 0.152 e. The van der Waals surface area contributed by atoms with Gasteiger partial charge in [0.15, 0.2) is 5.82 Å². The second-order valence-corrected chi connectivity index (χ2v) is 8.19. The number of aromatic nitrogens is 2. The standard InChI is InChI=1S/C20H26ClIN4O2/c1-5-13(11-27-3)23-19-17(22)20(25-16(6-2)24-19)26-8-7-12-9-14(28-4)10-15(21)18(12)26/h9-10,13H,5-8,11H2,1-4H3,(H,23,24,25). The van der Waals surface area contributed by atoms with Crippen LogP contribution in [0, 0.1) is 3.57 Å². The number of anilines is 3. The molecule has 2 heterocycles. The first-order valence-electron chi connectivity index (χ1n) is 9.48. The Balaban J connectivity index is 2.03. The van der Waals surface area contributed by atoms with Gasteiger partial charge in [-0.3, -0.25) is 0 Å². The van der Waals surface area contributed by atoms with Gasteiger partial charge in [0.2, 0.25) is 0 Å². The molecule has 152 valence electrons. The van der Waals surface area contributed by atoms with Gasteiger partial charge in [-0.25, -0.2) is 9.97 Å². The molecule has 2 aromatic rings. The Bertz CT molecular complexity index is 849. The number of benzene rings is 1.